The molecule has 0 radical (unpaired) electrons. The van der Waals surface area contributed by atoms with Crippen LogP contribution in [0.5, 0.6) is 0 Å². The van der Waals surface area contributed by atoms with Crippen LogP contribution in [-0.2, 0) is 0 Å². The number of fused-ring (bicyclic) bond motifs is 1. The van der Waals surface area contributed by atoms with Crippen molar-refractivity contribution in [2.24, 2.45) is 5.92 Å². The molecule has 0 aliphatic carbocycles. The molecule has 4 nitrogen and oxygen atoms in total. The minimum absolute atomic E-state index is 0.0382. The summed E-state index contributed by atoms with van der Waals surface area (Å²) in [5.41, 5.74) is 8.03. The second-order valence-electron chi connectivity index (χ2n) is 4.90. The molecule has 0 unspecified atom stereocenters. The number of hydrogen-bond donors (Lipinski definition) is 3. The molecule has 1 aromatic heterocycles. The molecule has 19 heavy (non-hydrogen) atoms. The summed E-state index contributed by atoms with van der Waals surface area (Å²) >= 11 is 0. The van der Waals surface area contributed by atoms with Crippen molar-refractivity contribution in [3.05, 3.63) is 30.0 Å². The number of benzene rings is 1. The molecule has 0 bridgehead atoms. The van der Waals surface area contributed by atoms with Crippen molar-refractivity contribution >= 4 is 22.5 Å². The van der Waals surface area contributed by atoms with Crippen molar-refractivity contribution in [2.45, 2.75) is 26.7 Å². The molecule has 0 fully saturated rings. The predicted molar refractivity (Wildman–Crippen MR) is 79.1 cm³/mol. The maximum atomic E-state index is 12.2. The molecule has 0 atom stereocenters. The van der Waals surface area contributed by atoms with E-state index in [2.05, 4.69) is 24.1 Å². The molecule has 1 heterocycles. The van der Waals surface area contributed by atoms with E-state index in [-0.39, 0.29) is 5.91 Å². The highest BCUT2D eigenvalue weighted by atomic mass is 16.1. The lowest BCUT2D eigenvalue weighted by Gasteiger charge is -2.12. The highest BCUT2D eigenvalue weighted by Crippen LogP contribution is 2.21. The van der Waals surface area contributed by atoms with Gasteiger partial charge in [0.15, 0.2) is 0 Å². The van der Waals surface area contributed by atoms with Crippen LogP contribution < -0.4 is 11.1 Å². The van der Waals surface area contributed by atoms with E-state index in [9.17, 15) is 4.79 Å². The van der Waals surface area contributed by atoms with Gasteiger partial charge < -0.3 is 16.0 Å². The third-order valence-corrected chi connectivity index (χ3v) is 3.66. The molecule has 4 N–H and O–H groups in total. The number of hydrogen-bond acceptors (Lipinski definition) is 2. The van der Waals surface area contributed by atoms with E-state index < -0.39 is 0 Å². The number of aromatic amines is 1. The van der Waals surface area contributed by atoms with Gasteiger partial charge in [-0.05, 0) is 24.1 Å². The van der Waals surface area contributed by atoms with E-state index in [1.165, 1.54) is 0 Å². The molecule has 0 spiro atoms. The quantitative estimate of drug-likeness (QED) is 0.722. The van der Waals surface area contributed by atoms with Crippen molar-refractivity contribution in [3.63, 3.8) is 0 Å². The summed E-state index contributed by atoms with van der Waals surface area (Å²) in [6.45, 7) is 5.01. The van der Waals surface area contributed by atoms with Crippen LogP contribution in [0, 0.1) is 5.92 Å². The molecule has 2 rings (SSSR count). The fourth-order valence-corrected chi connectivity index (χ4v) is 2.24. The number of nitrogen functional groups attached to an aromatic ring is 1. The molecular formula is C15H21N3O. The number of nitrogens with two attached hydrogens (primary N) is 1. The van der Waals surface area contributed by atoms with Gasteiger partial charge in [0, 0.05) is 29.3 Å². The maximum Gasteiger partial charge on any atom is 0.253 e. The number of carbonyl (C=O) groups excluding carboxylic acids is 1. The van der Waals surface area contributed by atoms with Crippen molar-refractivity contribution < 1.29 is 4.79 Å². The van der Waals surface area contributed by atoms with Crippen LogP contribution in [0.25, 0.3) is 10.9 Å². The average molecular weight is 259 g/mol. The smallest absolute Gasteiger partial charge is 0.253 e. The first kappa shape index (κ1) is 13.5. The van der Waals surface area contributed by atoms with Gasteiger partial charge in [0.1, 0.15) is 0 Å². The van der Waals surface area contributed by atoms with Gasteiger partial charge in [-0.3, -0.25) is 4.79 Å². The van der Waals surface area contributed by atoms with Gasteiger partial charge in [-0.25, -0.2) is 0 Å². The minimum atomic E-state index is -0.0382. The van der Waals surface area contributed by atoms with Crippen molar-refractivity contribution in [3.8, 4) is 0 Å². The van der Waals surface area contributed by atoms with Crippen molar-refractivity contribution in [1.29, 1.82) is 0 Å². The second kappa shape index (κ2) is 5.78. The number of nitrogens with one attached hydrogen (secondary N) is 2. The van der Waals surface area contributed by atoms with Gasteiger partial charge in [-0.1, -0.05) is 26.7 Å². The van der Waals surface area contributed by atoms with Crippen LogP contribution in [-0.4, -0.2) is 17.4 Å². The number of H-pyrrole nitrogens is 1. The second-order valence-corrected chi connectivity index (χ2v) is 4.90. The fraction of sp³-hybridized carbons (Fsp3) is 0.400. The van der Waals surface area contributed by atoms with Gasteiger partial charge in [-0.2, -0.15) is 0 Å². The highest BCUT2D eigenvalue weighted by Gasteiger charge is 2.13. The first-order valence-corrected chi connectivity index (χ1v) is 6.80. The lowest BCUT2D eigenvalue weighted by atomic mass is 10.0. The maximum absolute atomic E-state index is 12.2. The van der Waals surface area contributed by atoms with Crippen molar-refractivity contribution in [2.75, 3.05) is 12.3 Å². The lowest BCUT2D eigenvalue weighted by molar-refractivity contribution is 0.0948. The van der Waals surface area contributed by atoms with E-state index in [1.54, 1.807) is 6.20 Å². The van der Waals surface area contributed by atoms with Crippen LogP contribution in [0.4, 0.5) is 5.69 Å². The third-order valence-electron chi connectivity index (χ3n) is 3.66. The molecule has 1 amide bonds. The standard InChI is InChI=1S/C15H21N3O/c1-3-10(4-2)8-18-15(19)13-9-17-14-6-5-11(16)7-12(13)14/h5-7,9-10,17H,3-4,8,16H2,1-2H3,(H,18,19). The minimum Gasteiger partial charge on any atom is -0.399 e. The summed E-state index contributed by atoms with van der Waals surface area (Å²) < 4.78 is 0. The van der Waals surface area contributed by atoms with Crippen LogP contribution in [0.3, 0.4) is 0 Å². The van der Waals surface area contributed by atoms with Crippen LogP contribution in [0.15, 0.2) is 24.4 Å². The summed E-state index contributed by atoms with van der Waals surface area (Å²) in [7, 11) is 0. The van der Waals surface area contributed by atoms with Gasteiger partial charge in [-0.15, -0.1) is 0 Å². The topological polar surface area (TPSA) is 70.9 Å². The Labute approximate surface area is 113 Å². The molecule has 4 heteroatoms. The van der Waals surface area contributed by atoms with E-state index in [1.807, 2.05) is 18.2 Å². The van der Waals surface area contributed by atoms with Crippen LogP contribution in [0.2, 0.25) is 0 Å². The SMILES string of the molecule is CCC(CC)CNC(=O)c1c[nH]c2ccc(N)cc12. The first-order chi connectivity index (χ1) is 9.15. The Bertz CT molecular complexity index is 570. The Hall–Kier alpha value is -1.97. The van der Waals surface area contributed by atoms with Crippen LogP contribution in [0.1, 0.15) is 37.0 Å². The molecule has 0 aliphatic heterocycles. The van der Waals surface area contributed by atoms with Crippen LogP contribution >= 0.6 is 0 Å². The Kier molecular flexibility index (Phi) is 4.10. The number of anilines is 1. The fourth-order valence-electron chi connectivity index (χ4n) is 2.24. The summed E-state index contributed by atoms with van der Waals surface area (Å²) in [4.78, 5) is 15.3. The summed E-state index contributed by atoms with van der Waals surface area (Å²) in [5.74, 6) is 0.503. The Morgan fingerprint density at radius 3 is 2.79 bits per heavy atom. The Morgan fingerprint density at radius 1 is 1.37 bits per heavy atom. The van der Waals surface area contributed by atoms with E-state index in [0.29, 0.717) is 17.2 Å². The van der Waals surface area contributed by atoms with E-state index in [0.717, 1.165) is 30.3 Å². The number of carbonyl (C=O) groups is 1. The molecule has 0 saturated heterocycles. The average Bonchev–Trinajstić information content (AvgIpc) is 2.82. The molecule has 102 valence electrons. The number of rotatable bonds is 5. The molecule has 2 aromatic rings. The molecule has 0 saturated carbocycles. The summed E-state index contributed by atoms with van der Waals surface area (Å²) in [6, 6.07) is 5.55. The zero-order valence-corrected chi connectivity index (χ0v) is 11.5. The monoisotopic (exact) mass is 259 g/mol. The van der Waals surface area contributed by atoms with E-state index in [4.69, 9.17) is 5.73 Å². The summed E-state index contributed by atoms with van der Waals surface area (Å²) in [5, 5.41) is 3.88. The van der Waals surface area contributed by atoms with Gasteiger partial charge in [0.2, 0.25) is 0 Å². The number of aromatic nitrogens is 1. The Balaban J connectivity index is 2.15. The Morgan fingerprint density at radius 2 is 2.11 bits per heavy atom. The highest BCUT2D eigenvalue weighted by molar-refractivity contribution is 6.07. The van der Waals surface area contributed by atoms with Gasteiger partial charge >= 0.3 is 0 Å². The third kappa shape index (κ3) is 2.89. The largest absolute Gasteiger partial charge is 0.399 e. The van der Waals surface area contributed by atoms with Gasteiger partial charge in [0.05, 0.1) is 5.56 Å². The zero-order chi connectivity index (χ0) is 13.8. The van der Waals surface area contributed by atoms with Crippen molar-refractivity contribution in [1.82, 2.24) is 10.3 Å². The van der Waals surface area contributed by atoms with E-state index >= 15 is 0 Å². The molecular weight excluding hydrogens is 238 g/mol. The lowest BCUT2D eigenvalue weighted by Crippen LogP contribution is -2.28. The number of amides is 1. The zero-order valence-electron chi connectivity index (χ0n) is 11.5. The molecule has 1 aromatic carbocycles. The normalized spacial score (nSPS) is 11.1. The predicted octanol–water partition coefficient (Wildman–Crippen LogP) is 2.92. The molecule has 0 aliphatic rings. The first-order valence-electron chi connectivity index (χ1n) is 6.80. The van der Waals surface area contributed by atoms with Gasteiger partial charge in [0.25, 0.3) is 5.91 Å². The summed E-state index contributed by atoms with van der Waals surface area (Å²) in [6.07, 6.45) is 3.90.